The Labute approximate surface area is 126 Å². The molecule has 20 heavy (non-hydrogen) atoms. The number of nitriles is 1. The van der Waals surface area contributed by atoms with Gasteiger partial charge in [0.25, 0.3) is 0 Å². The largest absolute Gasteiger partial charge is 0.381 e. The summed E-state index contributed by atoms with van der Waals surface area (Å²) >= 11 is 3.01. The zero-order valence-corrected chi connectivity index (χ0v) is 13.7. The van der Waals surface area contributed by atoms with Crippen molar-refractivity contribution in [3.05, 3.63) is 28.0 Å². The van der Waals surface area contributed by atoms with Gasteiger partial charge in [-0.15, -0.1) is 0 Å². The number of nitrogens with one attached hydrogen (secondary N) is 2. The molecule has 1 aromatic rings. The van der Waals surface area contributed by atoms with E-state index in [0.717, 1.165) is 6.26 Å². The van der Waals surface area contributed by atoms with Crippen molar-refractivity contribution in [2.45, 2.75) is 19.4 Å². The van der Waals surface area contributed by atoms with E-state index in [-0.39, 0.29) is 22.3 Å². The van der Waals surface area contributed by atoms with Crippen LogP contribution in [0.1, 0.15) is 19.4 Å². The predicted molar refractivity (Wildman–Crippen MR) is 79.4 cm³/mol. The topological polar surface area (TPSA) is 82.0 Å². The fourth-order valence-corrected chi connectivity index (χ4v) is 3.14. The van der Waals surface area contributed by atoms with Crippen LogP contribution in [0.25, 0.3) is 0 Å². The molecule has 8 heteroatoms. The molecular formula is C12H15BrFN3O2S. The first-order valence-corrected chi connectivity index (χ1v) is 8.35. The van der Waals surface area contributed by atoms with Crippen molar-refractivity contribution in [3.8, 4) is 6.07 Å². The first-order valence-electron chi connectivity index (χ1n) is 5.67. The number of sulfonamides is 1. The summed E-state index contributed by atoms with van der Waals surface area (Å²) in [5.41, 5.74) is -0.388. The molecule has 0 saturated carbocycles. The number of hydrogen-bond acceptors (Lipinski definition) is 4. The molecule has 0 aliphatic carbocycles. The standard InChI is InChI=1S/C12H15BrFN3O2S/c1-12(2,17-20(3,18)19)7-16-9-5-4-8(6-15)10(13)11(9)14/h4-5,16-17H,7H2,1-3H3. The summed E-state index contributed by atoms with van der Waals surface area (Å²) in [4.78, 5) is 0. The molecule has 1 rings (SSSR count). The van der Waals surface area contributed by atoms with Gasteiger partial charge in [0.2, 0.25) is 10.0 Å². The van der Waals surface area contributed by atoms with Gasteiger partial charge in [0.1, 0.15) is 6.07 Å². The van der Waals surface area contributed by atoms with Crippen molar-refractivity contribution in [2.75, 3.05) is 18.1 Å². The Morgan fingerprint density at radius 1 is 1.45 bits per heavy atom. The van der Waals surface area contributed by atoms with Gasteiger partial charge in [-0.05, 0) is 41.9 Å². The summed E-state index contributed by atoms with van der Waals surface area (Å²) in [5, 5.41) is 11.6. The smallest absolute Gasteiger partial charge is 0.209 e. The number of hydrogen-bond donors (Lipinski definition) is 2. The summed E-state index contributed by atoms with van der Waals surface area (Å²) in [6, 6.07) is 4.78. The Hall–Kier alpha value is -1.17. The highest BCUT2D eigenvalue weighted by Gasteiger charge is 2.22. The van der Waals surface area contributed by atoms with Crippen LogP contribution in [0.15, 0.2) is 16.6 Å². The molecule has 110 valence electrons. The number of halogens is 2. The van der Waals surface area contributed by atoms with Crippen molar-refractivity contribution in [1.29, 1.82) is 5.26 Å². The molecule has 1 aromatic carbocycles. The van der Waals surface area contributed by atoms with Crippen LogP contribution in [0, 0.1) is 17.1 Å². The third kappa shape index (κ3) is 4.74. The minimum atomic E-state index is -3.35. The fraction of sp³-hybridized carbons (Fsp3) is 0.417. The van der Waals surface area contributed by atoms with E-state index in [0.29, 0.717) is 0 Å². The fourth-order valence-electron chi connectivity index (χ4n) is 1.63. The van der Waals surface area contributed by atoms with Crippen molar-refractivity contribution in [1.82, 2.24) is 4.72 Å². The summed E-state index contributed by atoms with van der Waals surface area (Å²) in [6.45, 7) is 3.55. The van der Waals surface area contributed by atoms with Crippen LogP contribution in [0.5, 0.6) is 0 Å². The van der Waals surface area contributed by atoms with E-state index in [2.05, 4.69) is 26.0 Å². The molecule has 0 amide bonds. The molecule has 0 atom stereocenters. The van der Waals surface area contributed by atoms with Gasteiger partial charge >= 0.3 is 0 Å². The quantitative estimate of drug-likeness (QED) is 0.839. The van der Waals surface area contributed by atoms with Crippen LogP contribution in [-0.4, -0.2) is 26.8 Å². The van der Waals surface area contributed by atoms with Crippen molar-refractivity contribution in [3.63, 3.8) is 0 Å². The van der Waals surface area contributed by atoms with Crippen LogP contribution in [0.3, 0.4) is 0 Å². The van der Waals surface area contributed by atoms with Gasteiger partial charge in [0, 0.05) is 12.1 Å². The molecule has 0 bridgehead atoms. The van der Waals surface area contributed by atoms with Crippen LogP contribution in [-0.2, 0) is 10.0 Å². The molecular weight excluding hydrogens is 349 g/mol. The molecule has 0 radical (unpaired) electrons. The SMILES string of the molecule is CC(C)(CNc1ccc(C#N)c(Br)c1F)NS(C)(=O)=O. The van der Waals surface area contributed by atoms with Gasteiger partial charge in [-0.3, -0.25) is 0 Å². The summed E-state index contributed by atoms with van der Waals surface area (Å²) in [6.07, 6.45) is 1.06. The predicted octanol–water partition coefficient (Wildman–Crippen LogP) is 2.20. The van der Waals surface area contributed by atoms with Gasteiger partial charge in [0.05, 0.1) is 22.0 Å². The number of rotatable bonds is 5. The van der Waals surface area contributed by atoms with Crippen molar-refractivity contribution < 1.29 is 12.8 Å². The maximum atomic E-state index is 14.0. The van der Waals surface area contributed by atoms with Crippen molar-refractivity contribution in [2.24, 2.45) is 0 Å². The Morgan fingerprint density at radius 2 is 2.05 bits per heavy atom. The maximum absolute atomic E-state index is 14.0. The number of nitrogens with zero attached hydrogens (tertiary/aromatic N) is 1. The average molecular weight is 364 g/mol. The maximum Gasteiger partial charge on any atom is 0.209 e. The van der Waals surface area contributed by atoms with Gasteiger partial charge in [-0.1, -0.05) is 0 Å². The second kappa shape index (κ2) is 6.08. The third-order valence-corrected chi connectivity index (χ3v) is 4.08. The van der Waals surface area contributed by atoms with E-state index < -0.39 is 21.4 Å². The van der Waals surface area contributed by atoms with Gasteiger partial charge in [0.15, 0.2) is 5.82 Å². The Bertz CT molecular complexity index is 653. The molecule has 0 saturated heterocycles. The van der Waals surface area contributed by atoms with Crippen molar-refractivity contribution >= 4 is 31.6 Å². The first-order chi connectivity index (χ1) is 9.06. The van der Waals surface area contributed by atoms with E-state index in [9.17, 15) is 12.8 Å². The molecule has 0 aliphatic rings. The lowest BCUT2D eigenvalue weighted by Crippen LogP contribution is -2.47. The summed E-state index contributed by atoms with van der Waals surface area (Å²) in [5.74, 6) is -0.584. The highest BCUT2D eigenvalue weighted by atomic mass is 79.9. The molecule has 5 nitrogen and oxygen atoms in total. The molecule has 0 unspecified atom stereocenters. The van der Waals surface area contributed by atoms with E-state index in [1.165, 1.54) is 12.1 Å². The normalized spacial score (nSPS) is 12.0. The number of anilines is 1. The number of benzene rings is 1. The average Bonchev–Trinajstić information content (AvgIpc) is 2.28. The van der Waals surface area contributed by atoms with Crippen LogP contribution >= 0.6 is 15.9 Å². The second-order valence-electron chi connectivity index (χ2n) is 5.01. The lowest BCUT2D eigenvalue weighted by molar-refractivity contribution is 0.475. The monoisotopic (exact) mass is 363 g/mol. The zero-order chi connectivity index (χ0) is 15.6. The van der Waals surface area contributed by atoms with Crippen LogP contribution in [0.2, 0.25) is 0 Å². The van der Waals surface area contributed by atoms with E-state index in [1.807, 2.05) is 6.07 Å². The summed E-state index contributed by atoms with van der Waals surface area (Å²) < 4.78 is 38.9. The Kier molecular flexibility index (Phi) is 5.13. The van der Waals surface area contributed by atoms with Crippen LogP contribution < -0.4 is 10.0 Å². The minimum absolute atomic E-state index is 0.0823. The van der Waals surface area contributed by atoms with Gasteiger partial charge in [-0.25, -0.2) is 17.5 Å². The molecule has 0 spiro atoms. The van der Waals surface area contributed by atoms with E-state index in [4.69, 9.17) is 5.26 Å². The second-order valence-corrected chi connectivity index (χ2v) is 7.55. The molecule has 2 N–H and O–H groups in total. The minimum Gasteiger partial charge on any atom is -0.381 e. The molecule has 0 aromatic heterocycles. The van der Waals surface area contributed by atoms with E-state index in [1.54, 1.807) is 13.8 Å². The first kappa shape index (κ1) is 16.9. The highest BCUT2D eigenvalue weighted by molar-refractivity contribution is 9.10. The molecule has 0 fully saturated rings. The van der Waals surface area contributed by atoms with E-state index >= 15 is 0 Å². The highest BCUT2D eigenvalue weighted by Crippen LogP contribution is 2.26. The van der Waals surface area contributed by atoms with Crippen LogP contribution in [0.4, 0.5) is 10.1 Å². The lowest BCUT2D eigenvalue weighted by Gasteiger charge is -2.26. The van der Waals surface area contributed by atoms with Gasteiger partial charge in [-0.2, -0.15) is 5.26 Å². The Morgan fingerprint density at radius 3 is 2.55 bits per heavy atom. The molecule has 0 heterocycles. The lowest BCUT2D eigenvalue weighted by atomic mass is 10.1. The Balaban J connectivity index is 2.86. The third-order valence-electron chi connectivity index (χ3n) is 2.39. The van der Waals surface area contributed by atoms with Gasteiger partial charge < -0.3 is 5.32 Å². The summed E-state index contributed by atoms with van der Waals surface area (Å²) in [7, 11) is -3.35. The molecule has 0 aliphatic heterocycles. The zero-order valence-electron chi connectivity index (χ0n) is 11.3.